The molecule has 6 nitrogen and oxygen atoms in total. The summed E-state index contributed by atoms with van der Waals surface area (Å²) < 4.78 is 32.6. The summed E-state index contributed by atoms with van der Waals surface area (Å²) >= 11 is 0. The van der Waals surface area contributed by atoms with Crippen LogP contribution in [0.1, 0.15) is 30.3 Å². The summed E-state index contributed by atoms with van der Waals surface area (Å²) in [5.74, 6) is -0.554. The first-order chi connectivity index (χ1) is 13.5. The number of hydrogen-bond acceptors (Lipinski definition) is 4. The Morgan fingerprint density at radius 1 is 1.25 bits per heavy atom. The summed E-state index contributed by atoms with van der Waals surface area (Å²) in [6.45, 7) is 2.41. The first-order valence-electron chi connectivity index (χ1n) is 8.95. The van der Waals surface area contributed by atoms with Gasteiger partial charge in [-0.15, -0.1) is 0 Å². The van der Waals surface area contributed by atoms with Crippen molar-refractivity contribution in [2.24, 2.45) is 0 Å². The molecule has 2 aromatic carbocycles. The van der Waals surface area contributed by atoms with Gasteiger partial charge in [0.1, 0.15) is 17.7 Å². The summed E-state index contributed by atoms with van der Waals surface area (Å²) in [4.78, 5) is 18.6. The highest BCUT2D eigenvalue weighted by Crippen LogP contribution is 2.33. The number of carbonyl (C=O) groups is 1. The van der Waals surface area contributed by atoms with Gasteiger partial charge in [0, 0.05) is 18.2 Å². The molecule has 0 aliphatic carbocycles. The zero-order valence-corrected chi connectivity index (χ0v) is 15.2. The van der Waals surface area contributed by atoms with Crippen LogP contribution in [-0.4, -0.2) is 27.6 Å². The largest absolute Gasteiger partial charge is 0.337 e. The topological polar surface area (TPSA) is 71.3 Å². The number of urea groups is 1. The zero-order chi connectivity index (χ0) is 19.7. The van der Waals surface area contributed by atoms with Crippen LogP contribution < -0.4 is 5.32 Å². The number of nitrogens with zero attached hydrogens (tertiary/aromatic N) is 3. The number of anilines is 1. The number of benzene rings is 2. The molecule has 1 unspecified atom stereocenters. The van der Waals surface area contributed by atoms with E-state index in [1.807, 2.05) is 31.2 Å². The molecule has 4 rings (SSSR count). The Morgan fingerprint density at radius 3 is 2.89 bits per heavy atom. The highest BCUT2D eigenvalue weighted by molar-refractivity contribution is 5.89. The molecule has 1 aliphatic rings. The summed E-state index contributed by atoms with van der Waals surface area (Å²) in [6, 6.07) is 9.62. The fourth-order valence-corrected chi connectivity index (χ4v) is 3.35. The van der Waals surface area contributed by atoms with E-state index < -0.39 is 23.7 Å². The van der Waals surface area contributed by atoms with Crippen molar-refractivity contribution in [2.45, 2.75) is 25.8 Å². The molecule has 8 heteroatoms. The van der Waals surface area contributed by atoms with E-state index >= 15 is 0 Å². The Morgan fingerprint density at radius 2 is 2.07 bits per heavy atom. The van der Waals surface area contributed by atoms with Crippen LogP contribution in [0.5, 0.6) is 0 Å². The fraction of sp³-hybridized carbons (Fsp3) is 0.250. The minimum absolute atomic E-state index is 0.207. The zero-order valence-electron chi connectivity index (χ0n) is 15.2. The van der Waals surface area contributed by atoms with E-state index in [-0.39, 0.29) is 5.69 Å². The van der Waals surface area contributed by atoms with Gasteiger partial charge < -0.3 is 14.7 Å². The van der Waals surface area contributed by atoms with E-state index in [0.717, 1.165) is 35.7 Å². The molecule has 1 N–H and O–H groups in total. The van der Waals surface area contributed by atoms with Crippen LogP contribution in [0, 0.1) is 18.6 Å². The molecule has 1 aliphatic heterocycles. The molecule has 1 fully saturated rings. The molecule has 1 aromatic heterocycles. The van der Waals surface area contributed by atoms with Crippen LogP contribution in [0.4, 0.5) is 19.3 Å². The Bertz CT molecular complexity index is 1020. The molecule has 2 heterocycles. The number of amides is 2. The number of likely N-dealkylation sites (tertiary alicyclic amines) is 1. The number of halogens is 2. The Labute approximate surface area is 160 Å². The van der Waals surface area contributed by atoms with Crippen LogP contribution in [0.2, 0.25) is 0 Å². The van der Waals surface area contributed by atoms with Gasteiger partial charge in [-0.3, -0.25) is 0 Å². The van der Waals surface area contributed by atoms with E-state index in [2.05, 4.69) is 15.5 Å². The molecular formula is C20H18F2N4O2. The van der Waals surface area contributed by atoms with Gasteiger partial charge in [0.25, 0.3) is 0 Å². The van der Waals surface area contributed by atoms with E-state index in [9.17, 15) is 13.6 Å². The van der Waals surface area contributed by atoms with Gasteiger partial charge in [0.2, 0.25) is 11.7 Å². The average molecular weight is 384 g/mol. The minimum atomic E-state index is -0.704. The number of carbonyl (C=O) groups excluding carboxylic acids is 1. The van der Waals surface area contributed by atoms with Crippen LogP contribution >= 0.6 is 0 Å². The maximum atomic E-state index is 13.8. The van der Waals surface area contributed by atoms with E-state index in [1.54, 1.807) is 0 Å². The van der Waals surface area contributed by atoms with Gasteiger partial charge in [-0.25, -0.2) is 13.6 Å². The highest BCUT2D eigenvalue weighted by Gasteiger charge is 2.34. The third kappa shape index (κ3) is 3.45. The molecule has 3 aromatic rings. The third-order valence-electron chi connectivity index (χ3n) is 4.80. The smallest absolute Gasteiger partial charge is 0.322 e. The lowest BCUT2D eigenvalue weighted by Gasteiger charge is -2.22. The highest BCUT2D eigenvalue weighted by atomic mass is 19.1. The second kappa shape index (κ2) is 7.38. The molecule has 144 valence electrons. The maximum absolute atomic E-state index is 13.8. The Balaban J connectivity index is 1.55. The lowest BCUT2D eigenvalue weighted by Crippen LogP contribution is -2.34. The molecule has 0 spiro atoms. The first-order valence-corrected chi connectivity index (χ1v) is 8.95. The van der Waals surface area contributed by atoms with Gasteiger partial charge in [0.15, 0.2) is 0 Å². The van der Waals surface area contributed by atoms with Gasteiger partial charge >= 0.3 is 6.03 Å². The standard InChI is InChI=1S/C20H18F2N4O2/c1-12-5-2-3-6-14(12)18-24-19(28-25-18)17-7-4-10-26(17)20(27)23-16-11-13(21)8-9-15(16)22/h2-3,5-6,8-9,11,17H,4,7,10H2,1H3,(H,23,27). The van der Waals surface area contributed by atoms with E-state index in [1.165, 1.54) is 4.90 Å². The van der Waals surface area contributed by atoms with Crippen LogP contribution in [0.25, 0.3) is 11.4 Å². The number of rotatable bonds is 3. The van der Waals surface area contributed by atoms with Crippen molar-refractivity contribution >= 4 is 11.7 Å². The van der Waals surface area contributed by atoms with Crippen molar-refractivity contribution < 1.29 is 18.1 Å². The molecule has 0 saturated carbocycles. The van der Waals surface area contributed by atoms with Crippen molar-refractivity contribution in [3.63, 3.8) is 0 Å². The predicted octanol–water partition coefficient (Wildman–Crippen LogP) is 4.69. The quantitative estimate of drug-likeness (QED) is 0.711. The van der Waals surface area contributed by atoms with E-state index in [0.29, 0.717) is 24.7 Å². The van der Waals surface area contributed by atoms with Crippen LogP contribution in [0.15, 0.2) is 47.0 Å². The summed E-state index contributed by atoms with van der Waals surface area (Å²) in [5.41, 5.74) is 1.66. The molecule has 0 radical (unpaired) electrons. The summed E-state index contributed by atoms with van der Waals surface area (Å²) in [5, 5.41) is 6.46. The summed E-state index contributed by atoms with van der Waals surface area (Å²) in [6.07, 6.45) is 1.39. The molecule has 2 amide bonds. The number of aryl methyl sites for hydroxylation is 1. The lowest BCUT2D eigenvalue weighted by atomic mass is 10.1. The average Bonchev–Trinajstić information content (AvgIpc) is 3.34. The van der Waals surface area contributed by atoms with Crippen molar-refractivity contribution in [2.75, 3.05) is 11.9 Å². The maximum Gasteiger partial charge on any atom is 0.322 e. The molecule has 1 atom stereocenters. The second-order valence-electron chi connectivity index (χ2n) is 6.68. The summed E-state index contributed by atoms with van der Waals surface area (Å²) in [7, 11) is 0. The van der Waals surface area contributed by atoms with E-state index in [4.69, 9.17) is 4.52 Å². The van der Waals surface area contributed by atoms with Gasteiger partial charge in [-0.2, -0.15) is 4.98 Å². The van der Waals surface area contributed by atoms with Gasteiger partial charge in [-0.1, -0.05) is 29.4 Å². The molecule has 1 saturated heterocycles. The van der Waals surface area contributed by atoms with Crippen molar-refractivity contribution in [1.82, 2.24) is 15.0 Å². The van der Waals surface area contributed by atoms with Crippen LogP contribution in [0.3, 0.4) is 0 Å². The number of nitrogens with one attached hydrogen (secondary N) is 1. The minimum Gasteiger partial charge on any atom is -0.337 e. The Hall–Kier alpha value is -3.29. The Kier molecular flexibility index (Phi) is 4.77. The van der Waals surface area contributed by atoms with Crippen molar-refractivity contribution in [1.29, 1.82) is 0 Å². The number of aromatic nitrogens is 2. The normalized spacial score (nSPS) is 16.4. The monoisotopic (exact) mass is 384 g/mol. The fourth-order valence-electron chi connectivity index (χ4n) is 3.35. The van der Waals surface area contributed by atoms with Crippen molar-refractivity contribution in [3.05, 3.63) is 65.6 Å². The van der Waals surface area contributed by atoms with Crippen LogP contribution in [-0.2, 0) is 0 Å². The number of hydrogen-bond donors (Lipinski definition) is 1. The molecular weight excluding hydrogens is 366 g/mol. The first kappa shape index (κ1) is 18.1. The SMILES string of the molecule is Cc1ccccc1-c1noc(C2CCCN2C(=O)Nc2cc(F)ccc2F)n1. The van der Waals surface area contributed by atoms with Gasteiger partial charge in [-0.05, 0) is 37.5 Å². The predicted molar refractivity (Wildman–Crippen MR) is 98.5 cm³/mol. The lowest BCUT2D eigenvalue weighted by molar-refractivity contribution is 0.193. The second-order valence-corrected chi connectivity index (χ2v) is 6.68. The molecule has 28 heavy (non-hydrogen) atoms. The van der Waals surface area contributed by atoms with Crippen molar-refractivity contribution in [3.8, 4) is 11.4 Å². The third-order valence-corrected chi connectivity index (χ3v) is 4.80. The molecule has 0 bridgehead atoms. The van der Waals surface area contributed by atoms with Gasteiger partial charge in [0.05, 0.1) is 5.69 Å².